The average molecular weight is 346 g/mol. The summed E-state index contributed by atoms with van der Waals surface area (Å²) in [5.41, 5.74) is 4.70. The number of hydrogen-bond donors (Lipinski definition) is 2. The van der Waals surface area contributed by atoms with Gasteiger partial charge in [0.15, 0.2) is 0 Å². The minimum atomic E-state index is 0.188. The zero-order chi connectivity index (χ0) is 14.9. The lowest BCUT2D eigenvalue weighted by Gasteiger charge is -2.15. The van der Waals surface area contributed by atoms with Crippen LogP contribution in [0.4, 0.5) is 0 Å². The third-order valence-electron chi connectivity index (χ3n) is 4.70. The van der Waals surface area contributed by atoms with Gasteiger partial charge in [-0.25, -0.2) is 0 Å². The summed E-state index contributed by atoms with van der Waals surface area (Å²) in [6.07, 6.45) is 5.25. The maximum Gasteiger partial charge on any atom is 0.202 e. The Hall–Kier alpha value is -1.68. The number of aromatic nitrogens is 1. The minimum absolute atomic E-state index is 0.188. The lowest BCUT2D eigenvalue weighted by atomic mass is 10.0. The summed E-state index contributed by atoms with van der Waals surface area (Å²) >= 11 is 3.49. The highest BCUT2D eigenvalue weighted by Crippen LogP contribution is 2.57. The molecule has 2 aromatic rings. The molecule has 2 unspecified atom stereocenters. The van der Waals surface area contributed by atoms with Crippen LogP contribution in [0.5, 0.6) is 11.8 Å². The SMILES string of the molecule is Cc1cc(Br)cc(C)c1-n1c(O)c2c(c1O)C1C=CC2C1. The molecule has 0 radical (unpaired) electrons. The van der Waals surface area contributed by atoms with Crippen molar-refractivity contribution < 1.29 is 10.2 Å². The molecule has 4 rings (SSSR count). The average Bonchev–Trinajstić information content (AvgIpc) is 3.06. The largest absolute Gasteiger partial charge is 0.494 e. The predicted molar refractivity (Wildman–Crippen MR) is 85.5 cm³/mol. The molecule has 2 N–H and O–H groups in total. The molecule has 2 aliphatic rings. The monoisotopic (exact) mass is 345 g/mol. The van der Waals surface area contributed by atoms with E-state index >= 15 is 0 Å². The maximum absolute atomic E-state index is 10.7. The molecule has 2 bridgehead atoms. The molecule has 0 fully saturated rings. The summed E-state index contributed by atoms with van der Waals surface area (Å²) in [7, 11) is 0. The highest BCUT2D eigenvalue weighted by Gasteiger charge is 2.41. The van der Waals surface area contributed by atoms with E-state index in [0.717, 1.165) is 38.8 Å². The Bertz CT molecular complexity index is 745. The maximum atomic E-state index is 10.7. The Balaban J connectivity index is 2.01. The van der Waals surface area contributed by atoms with E-state index in [-0.39, 0.29) is 23.6 Å². The zero-order valence-electron chi connectivity index (χ0n) is 11.9. The van der Waals surface area contributed by atoms with Crippen LogP contribution in [-0.2, 0) is 0 Å². The molecular formula is C17H16BrNO2. The second-order valence-corrected chi connectivity index (χ2v) is 6.95. The number of halogens is 1. The smallest absolute Gasteiger partial charge is 0.202 e. The number of rotatable bonds is 1. The first-order valence-electron chi connectivity index (χ1n) is 7.11. The van der Waals surface area contributed by atoms with Gasteiger partial charge in [-0.3, -0.25) is 4.57 Å². The second kappa shape index (κ2) is 4.17. The van der Waals surface area contributed by atoms with Crippen molar-refractivity contribution in [1.82, 2.24) is 4.57 Å². The molecule has 108 valence electrons. The molecule has 0 amide bonds. The van der Waals surface area contributed by atoms with Crippen molar-refractivity contribution in [2.24, 2.45) is 0 Å². The number of allylic oxidation sites excluding steroid dienone is 2. The molecule has 1 heterocycles. The fourth-order valence-corrected chi connectivity index (χ4v) is 4.59. The fraction of sp³-hybridized carbons (Fsp3) is 0.294. The van der Waals surface area contributed by atoms with Crippen LogP contribution in [0.2, 0.25) is 0 Å². The fourth-order valence-electron chi connectivity index (χ4n) is 3.91. The lowest BCUT2D eigenvalue weighted by molar-refractivity contribution is 0.394. The molecule has 2 atom stereocenters. The zero-order valence-corrected chi connectivity index (χ0v) is 13.5. The Morgan fingerprint density at radius 1 is 1.00 bits per heavy atom. The first-order chi connectivity index (χ1) is 9.99. The van der Waals surface area contributed by atoms with Gasteiger partial charge in [-0.05, 0) is 43.5 Å². The third-order valence-corrected chi connectivity index (χ3v) is 5.16. The van der Waals surface area contributed by atoms with E-state index in [9.17, 15) is 10.2 Å². The normalized spacial score (nSPS) is 22.0. The second-order valence-electron chi connectivity index (χ2n) is 6.03. The van der Waals surface area contributed by atoms with E-state index in [1.807, 2.05) is 26.0 Å². The summed E-state index contributed by atoms with van der Waals surface area (Å²) < 4.78 is 2.61. The van der Waals surface area contributed by atoms with Crippen LogP contribution in [0, 0.1) is 13.8 Å². The first kappa shape index (κ1) is 13.0. The van der Waals surface area contributed by atoms with Crippen LogP contribution >= 0.6 is 15.9 Å². The van der Waals surface area contributed by atoms with Gasteiger partial charge in [0.1, 0.15) is 0 Å². The van der Waals surface area contributed by atoms with E-state index in [1.54, 1.807) is 4.57 Å². The number of aryl methyl sites for hydroxylation is 2. The first-order valence-corrected chi connectivity index (χ1v) is 7.90. The standard InChI is InChI=1S/C17H16BrNO2/c1-8-5-12(18)6-9(2)15(8)19-16(20)13-10-3-4-11(7-10)14(13)17(19)21/h3-6,10-11,20-21H,7H2,1-2H3. The Morgan fingerprint density at radius 3 is 1.95 bits per heavy atom. The van der Waals surface area contributed by atoms with Gasteiger partial charge in [-0.2, -0.15) is 0 Å². The van der Waals surface area contributed by atoms with Crippen molar-refractivity contribution in [3.05, 3.63) is 51.0 Å². The molecule has 21 heavy (non-hydrogen) atoms. The van der Waals surface area contributed by atoms with Crippen LogP contribution in [0.15, 0.2) is 28.8 Å². The van der Waals surface area contributed by atoms with Crippen LogP contribution in [0.25, 0.3) is 5.69 Å². The number of benzene rings is 1. The van der Waals surface area contributed by atoms with Crippen LogP contribution < -0.4 is 0 Å². The summed E-state index contributed by atoms with van der Waals surface area (Å²) in [6.45, 7) is 3.98. The number of hydrogen-bond acceptors (Lipinski definition) is 2. The molecule has 4 heteroatoms. The van der Waals surface area contributed by atoms with Gasteiger partial charge in [-0.15, -0.1) is 0 Å². The Labute approximate surface area is 131 Å². The Kier molecular flexibility index (Phi) is 2.58. The molecule has 0 saturated carbocycles. The quantitative estimate of drug-likeness (QED) is 0.752. The van der Waals surface area contributed by atoms with Crippen molar-refractivity contribution in [2.75, 3.05) is 0 Å². The van der Waals surface area contributed by atoms with E-state index in [2.05, 4.69) is 28.1 Å². The van der Waals surface area contributed by atoms with Gasteiger partial charge in [-0.1, -0.05) is 28.1 Å². The highest BCUT2D eigenvalue weighted by molar-refractivity contribution is 9.10. The molecular weight excluding hydrogens is 330 g/mol. The lowest BCUT2D eigenvalue weighted by Crippen LogP contribution is -2.01. The van der Waals surface area contributed by atoms with E-state index < -0.39 is 0 Å². The summed E-state index contributed by atoms with van der Waals surface area (Å²) in [5, 5.41) is 21.4. The predicted octanol–water partition coefficient (Wildman–Crippen LogP) is 4.41. The van der Waals surface area contributed by atoms with Crippen LogP contribution in [0.3, 0.4) is 0 Å². The number of nitrogens with zero attached hydrogens (tertiary/aromatic N) is 1. The van der Waals surface area contributed by atoms with E-state index in [0.29, 0.717) is 0 Å². The van der Waals surface area contributed by atoms with Crippen LogP contribution in [-0.4, -0.2) is 14.8 Å². The van der Waals surface area contributed by atoms with Crippen molar-refractivity contribution >= 4 is 15.9 Å². The molecule has 0 saturated heterocycles. The summed E-state index contributed by atoms with van der Waals surface area (Å²) in [5.74, 6) is 0.863. The van der Waals surface area contributed by atoms with E-state index in [1.165, 1.54) is 0 Å². The van der Waals surface area contributed by atoms with Gasteiger partial charge in [0.05, 0.1) is 5.69 Å². The molecule has 1 aromatic carbocycles. The molecule has 0 spiro atoms. The molecule has 1 aromatic heterocycles. The highest BCUT2D eigenvalue weighted by atomic mass is 79.9. The van der Waals surface area contributed by atoms with Crippen molar-refractivity contribution in [3.63, 3.8) is 0 Å². The number of fused-ring (bicyclic) bond motifs is 5. The van der Waals surface area contributed by atoms with Crippen LogP contribution in [0.1, 0.15) is 40.5 Å². The molecule has 2 aliphatic carbocycles. The summed E-state index contributed by atoms with van der Waals surface area (Å²) in [4.78, 5) is 0. The van der Waals surface area contributed by atoms with Crippen molar-refractivity contribution in [3.8, 4) is 17.4 Å². The van der Waals surface area contributed by atoms with E-state index in [4.69, 9.17) is 0 Å². The summed E-state index contributed by atoms with van der Waals surface area (Å²) in [6, 6.07) is 4.00. The van der Waals surface area contributed by atoms with Crippen molar-refractivity contribution in [2.45, 2.75) is 32.1 Å². The minimum Gasteiger partial charge on any atom is -0.494 e. The van der Waals surface area contributed by atoms with Gasteiger partial charge in [0.25, 0.3) is 0 Å². The van der Waals surface area contributed by atoms with Gasteiger partial charge >= 0.3 is 0 Å². The Morgan fingerprint density at radius 2 is 1.48 bits per heavy atom. The topological polar surface area (TPSA) is 45.4 Å². The molecule has 3 nitrogen and oxygen atoms in total. The van der Waals surface area contributed by atoms with Gasteiger partial charge < -0.3 is 10.2 Å². The molecule has 0 aliphatic heterocycles. The van der Waals surface area contributed by atoms with Gasteiger partial charge in [0.2, 0.25) is 11.8 Å². The third kappa shape index (κ3) is 1.59. The number of aromatic hydroxyl groups is 2. The van der Waals surface area contributed by atoms with Gasteiger partial charge in [0, 0.05) is 27.4 Å². The van der Waals surface area contributed by atoms with Crippen molar-refractivity contribution in [1.29, 1.82) is 0 Å².